The van der Waals surface area contributed by atoms with Gasteiger partial charge in [0, 0.05) is 48.1 Å². The maximum atomic E-state index is 14.0. The molecule has 3 aromatic carbocycles. The number of urea groups is 1. The van der Waals surface area contributed by atoms with E-state index in [0.717, 1.165) is 0 Å². The molecule has 0 saturated carbocycles. The maximum absolute atomic E-state index is 14.0. The second kappa shape index (κ2) is 17.6. The summed E-state index contributed by atoms with van der Waals surface area (Å²) < 4.78 is 29.2. The summed E-state index contributed by atoms with van der Waals surface area (Å²) in [7, 11) is 1.30. The lowest BCUT2D eigenvalue weighted by Crippen LogP contribution is -2.52. The first-order valence-electron chi connectivity index (χ1n) is 19.7. The number of benzene rings is 3. The first kappa shape index (κ1) is 44.4. The number of methoxy groups -OCH3 is 1. The number of ether oxygens (including phenoxy) is 5. The Kier molecular flexibility index (Phi) is 12.4. The summed E-state index contributed by atoms with van der Waals surface area (Å²) in [6, 6.07) is 7.29. The summed E-state index contributed by atoms with van der Waals surface area (Å²) in [4.78, 5) is 90.2. The van der Waals surface area contributed by atoms with Gasteiger partial charge in [-0.15, -0.1) is 0 Å². The highest BCUT2D eigenvalue weighted by Gasteiger charge is 2.52. The summed E-state index contributed by atoms with van der Waals surface area (Å²) in [6.45, 7) is 0.142. The highest BCUT2D eigenvalue weighted by atomic mass is 16.7. The van der Waals surface area contributed by atoms with E-state index in [1.165, 1.54) is 42.3 Å². The molecule has 3 amide bonds. The molecule has 7 atom stereocenters. The van der Waals surface area contributed by atoms with E-state index in [1.54, 1.807) is 19.1 Å². The van der Waals surface area contributed by atoms with Crippen molar-refractivity contribution in [1.29, 1.82) is 0 Å². The van der Waals surface area contributed by atoms with E-state index >= 15 is 0 Å². The second-order valence-electron chi connectivity index (χ2n) is 15.5. The first-order chi connectivity index (χ1) is 30.0. The number of nitrogens with zero attached hydrogens (tertiary/aromatic N) is 1. The van der Waals surface area contributed by atoms with Crippen LogP contribution in [0.1, 0.15) is 87.2 Å². The molecule has 2 aliphatic carbocycles. The van der Waals surface area contributed by atoms with Crippen LogP contribution in [0.3, 0.4) is 0 Å². The fraction of sp³-hybridized carbons (Fsp3) is 0.405. The van der Waals surface area contributed by atoms with Crippen LogP contribution in [0.4, 0.5) is 15.3 Å². The molecule has 21 nitrogen and oxygen atoms in total. The Morgan fingerprint density at radius 3 is 2.37 bits per heavy atom. The number of carboxylic acid groups (broad SMARTS) is 2. The summed E-state index contributed by atoms with van der Waals surface area (Å²) in [5, 5.41) is 67.7. The van der Waals surface area contributed by atoms with Gasteiger partial charge in [-0.3, -0.25) is 24.1 Å². The number of Topliss-reactive ketones (excluding diaryl/α,β-unsaturated/α-hetero) is 1. The SMILES string of the molecule is COc1cccc2c1C(=O)c1c(O)c3c(c(O)c1C2=O)C[C@@](O)(C(=O)CO)C[C@@H]3O[C@H]1C[C@H]2[C@H](OCN2C(=O)OCc2ccc(NC(=O)N[C@H](CCC(=O)O)C(=O)O)cc2)[C@H](C)O1. The van der Waals surface area contributed by atoms with Gasteiger partial charge in [0.05, 0.1) is 42.0 Å². The highest BCUT2D eigenvalue weighted by Crippen LogP contribution is 2.53. The Bertz CT molecular complexity index is 2390. The lowest BCUT2D eigenvalue weighted by Gasteiger charge is -2.42. The van der Waals surface area contributed by atoms with Gasteiger partial charge >= 0.3 is 24.1 Å². The number of amides is 3. The van der Waals surface area contributed by atoms with Gasteiger partial charge in [-0.25, -0.2) is 14.4 Å². The molecular weight excluding hydrogens is 834 g/mol. The Labute approximate surface area is 357 Å². The smallest absolute Gasteiger partial charge is 0.412 e. The number of phenols is 2. The number of carboxylic acids is 2. The number of nitrogens with one attached hydrogen (secondary N) is 2. The van der Waals surface area contributed by atoms with Crippen molar-refractivity contribution < 1.29 is 87.9 Å². The molecule has 0 aromatic heterocycles. The number of ketones is 3. The van der Waals surface area contributed by atoms with Gasteiger partial charge in [0.15, 0.2) is 17.9 Å². The van der Waals surface area contributed by atoms with Gasteiger partial charge in [0.2, 0.25) is 5.78 Å². The third kappa shape index (κ3) is 8.47. The van der Waals surface area contributed by atoms with Crippen LogP contribution in [0.25, 0.3) is 0 Å². The van der Waals surface area contributed by atoms with Crippen LogP contribution in [0.15, 0.2) is 42.5 Å². The van der Waals surface area contributed by atoms with Crippen LogP contribution < -0.4 is 15.4 Å². The number of fused-ring (bicyclic) bond motifs is 4. The molecule has 7 rings (SSSR count). The number of aliphatic carboxylic acids is 2. The Balaban J connectivity index is 1.06. The second-order valence-corrected chi connectivity index (χ2v) is 15.5. The minimum absolute atomic E-state index is 0.0452. The molecule has 8 N–H and O–H groups in total. The van der Waals surface area contributed by atoms with Crippen molar-refractivity contribution in [2.75, 3.05) is 25.8 Å². The van der Waals surface area contributed by atoms with E-state index in [4.69, 9.17) is 28.8 Å². The minimum Gasteiger partial charge on any atom is -0.507 e. The number of rotatable bonds is 13. The van der Waals surface area contributed by atoms with Crippen LogP contribution >= 0.6 is 0 Å². The number of phenolic OH excluding ortho intramolecular Hbond substituents is 2. The fourth-order valence-electron chi connectivity index (χ4n) is 8.45. The molecule has 334 valence electrons. The van der Waals surface area contributed by atoms with Gasteiger partial charge in [-0.1, -0.05) is 24.3 Å². The molecule has 2 fully saturated rings. The number of hydrogen-bond donors (Lipinski definition) is 8. The maximum Gasteiger partial charge on any atom is 0.412 e. The molecule has 63 heavy (non-hydrogen) atoms. The van der Waals surface area contributed by atoms with Crippen LogP contribution in [0.5, 0.6) is 17.2 Å². The van der Waals surface area contributed by atoms with E-state index in [-0.39, 0.29) is 59.9 Å². The number of anilines is 1. The molecule has 4 aliphatic rings. The van der Waals surface area contributed by atoms with Crippen LogP contribution in [-0.4, -0.2) is 134 Å². The van der Waals surface area contributed by atoms with E-state index in [1.807, 2.05) is 0 Å². The molecule has 0 spiro atoms. The van der Waals surface area contributed by atoms with Crippen LogP contribution in [0, 0.1) is 0 Å². The Morgan fingerprint density at radius 2 is 1.70 bits per heavy atom. The molecule has 0 radical (unpaired) electrons. The third-order valence-electron chi connectivity index (χ3n) is 11.6. The summed E-state index contributed by atoms with van der Waals surface area (Å²) in [5.74, 6) is -6.77. The van der Waals surface area contributed by atoms with E-state index in [9.17, 15) is 59.1 Å². The Morgan fingerprint density at radius 1 is 0.984 bits per heavy atom. The fourth-order valence-corrected chi connectivity index (χ4v) is 8.45. The zero-order valence-corrected chi connectivity index (χ0v) is 33.7. The van der Waals surface area contributed by atoms with Crippen molar-refractivity contribution in [2.24, 2.45) is 0 Å². The van der Waals surface area contributed by atoms with Gasteiger partial charge < -0.3 is 65.0 Å². The quantitative estimate of drug-likeness (QED) is 0.0892. The molecular formula is C42H43N3O18. The van der Waals surface area contributed by atoms with E-state index in [2.05, 4.69) is 10.6 Å². The topological polar surface area (TPSA) is 314 Å². The number of hydrogen-bond acceptors (Lipinski definition) is 16. The van der Waals surface area contributed by atoms with Gasteiger partial charge in [0.25, 0.3) is 0 Å². The van der Waals surface area contributed by atoms with Gasteiger partial charge in [-0.05, 0) is 37.1 Å². The summed E-state index contributed by atoms with van der Waals surface area (Å²) in [6.07, 6.45) is -6.95. The summed E-state index contributed by atoms with van der Waals surface area (Å²) in [5.41, 5.74) is -3.38. The zero-order valence-electron chi connectivity index (χ0n) is 33.7. The third-order valence-corrected chi connectivity index (χ3v) is 11.6. The Hall–Kier alpha value is -6.65. The van der Waals surface area contributed by atoms with Crippen LogP contribution in [-0.2, 0) is 46.4 Å². The molecule has 2 heterocycles. The predicted octanol–water partition coefficient (Wildman–Crippen LogP) is 2.12. The largest absolute Gasteiger partial charge is 0.507 e. The van der Waals surface area contributed by atoms with Gasteiger partial charge in [-0.2, -0.15) is 0 Å². The van der Waals surface area contributed by atoms with Crippen molar-refractivity contribution in [3.05, 3.63) is 81.4 Å². The number of aliphatic hydroxyl groups excluding tert-OH is 1. The summed E-state index contributed by atoms with van der Waals surface area (Å²) >= 11 is 0. The minimum atomic E-state index is -2.37. The highest BCUT2D eigenvalue weighted by molar-refractivity contribution is 6.31. The van der Waals surface area contributed by atoms with E-state index in [0.29, 0.717) is 5.56 Å². The predicted molar refractivity (Wildman–Crippen MR) is 210 cm³/mol. The van der Waals surface area contributed by atoms with Crippen LogP contribution in [0.2, 0.25) is 0 Å². The van der Waals surface area contributed by atoms with Crippen molar-refractivity contribution >= 4 is 47.1 Å². The molecule has 0 bridgehead atoms. The average molecular weight is 878 g/mol. The average Bonchev–Trinajstić information content (AvgIpc) is 3.69. The first-order valence-corrected chi connectivity index (χ1v) is 19.7. The lowest BCUT2D eigenvalue weighted by molar-refractivity contribution is -0.246. The van der Waals surface area contributed by atoms with E-state index < -0.39 is 132 Å². The van der Waals surface area contributed by atoms with Crippen molar-refractivity contribution in [1.82, 2.24) is 10.2 Å². The van der Waals surface area contributed by atoms with Crippen molar-refractivity contribution in [2.45, 2.75) is 87.9 Å². The molecule has 0 unspecified atom stereocenters. The lowest BCUT2D eigenvalue weighted by atomic mass is 9.72. The molecule has 2 saturated heterocycles. The number of aromatic hydroxyl groups is 2. The zero-order chi connectivity index (χ0) is 45.5. The molecule has 21 heteroatoms. The number of carbonyl (C=O) groups excluding carboxylic acids is 5. The molecule has 3 aromatic rings. The standard InChI is InChI=1S/C42H43N3O18/c1-18-38-24(45(17-61-38)41(57)60-16-19-6-8-20(9-7-19)43-40(56)44-23(39(54)55)10-11-28(48)49)12-29(62-18)63-26-14-42(58,27(47)15-46)13-22-31(26)37(53)33-32(35(22)51)34(50)21-4-3-5-25(59-2)30(21)36(33)52/h3-9,18,23-24,26,29,38,46,51,53,58H,10-17H2,1-2H3,(H,48,49)(H,54,55)(H2,43,44,56)/t18-,23+,24-,26-,29-,38+,42-/m0/s1. The van der Waals surface area contributed by atoms with Crippen molar-refractivity contribution in [3.8, 4) is 17.2 Å². The van der Waals surface area contributed by atoms with Gasteiger partial charge in [0.1, 0.15) is 54.9 Å². The molecule has 2 aliphatic heterocycles. The normalized spacial score (nSPS) is 23.9. The van der Waals surface area contributed by atoms with Crippen molar-refractivity contribution in [3.63, 3.8) is 0 Å². The number of aliphatic hydroxyl groups is 2. The monoisotopic (exact) mass is 877 g/mol. The number of carbonyl (C=O) groups is 7.